The summed E-state index contributed by atoms with van der Waals surface area (Å²) in [4.78, 5) is 19.7. The predicted octanol–water partition coefficient (Wildman–Crippen LogP) is 2.24. The van der Waals surface area contributed by atoms with Gasteiger partial charge < -0.3 is 9.64 Å². The van der Waals surface area contributed by atoms with Gasteiger partial charge in [-0.05, 0) is 39.2 Å². The SMILES string of the molecule is Cc1cnc(OC2CCCN(c3nc(C)cnc3C)C2)nc1. The van der Waals surface area contributed by atoms with Gasteiger partial charge in [0.1, 0.15) is 11.9 Å². The molecule has 0 amide bonds. The van der Waals surface area contributed by atoms with E-state index >= 15 is 0 Å². The monoisotopic (exact) mass is 299 g/mol. The summed E-state index contributed by atoms with van der Waals surface area (Å²) in [6.45, 7) is 7.69. The fraction of sp³-hybridized carbons (Fsp3) is 0.500. The topological polar surface area (TPSA) is 64.0 Å². The van der Waals surface area contributed by atoms with Crippen molar-refractivity contribution in [3.8, 4) is 6.01 Å². The molecule has 0 aromatic carbocycles. The van der Waals surface area contributed by atoms with E-state index in [9.17, 15) is 0 Å². The number of anilines is 1. The van der Waals surface area contributed by atoms with Gasteiger partial charge in [0.25, 0.3) is 0 Å². The van der Waals surface area contributed by atoms with Crippen LogP contribution in [0.2, 0.25) is 0 Å². The third-order valence-electron chi connectivity index (χ3n) is 3.76. The number of piperidine rings is 1. The summed E-state index contributed by atoms with van der Waals surface area (Å²) < 4.78 is 5.92. The van der Waals surface area contributed by atoms with E-state index in [2.05, 4.69) is 24.8 Å². The number of rotatable bonds is 3. The first-order valence-corrected chi connectivity index (χ1v) is 7.62. The molecule has 22 heavy (non-hydrogen) atoms. The molecule has 1 aliphatic heterocycles. The summed E-state index contributed by atoms with van der Waals surface area (Å²) in [5.74, 6) is 0.957. The molecule has 0 radical (unpaired) electrons. The fourth-order valence-electron chi connectivity index (χ4n) is 2.64. The Morgan fingerprint density at radius 1 is 1.09 bits per heavy atom. The van der Waals surface area contributed by atoms with E-state index in [-0.39, 0.29) is 6.10 Å². The number of aromatic nitrogens is 4. The van der Waals surface area contributed by atoms with Gasteiger partial charge in [-0.1, -0.05) is 0 Å². The summed E-state index contributed by atoms with van der Waals surface area (Å²) in [5.41, 5.74) is 2.92. The molecule has 1 saturated heterocycles. The first kappa shape index (κ1) is 14.7. The zero-order valence-corrected chi connectivity index (χ0v) is 13.3. The van der Waals surface area contributed by atoms with Crippen molar-refractivity contribution in [1.82, 2.24) is 19.9 Å². The molecule has 1 unspecified atom stereocenters. The summed E-state index contributed by atoms with van der Waals surface area (Å²) >= 11 is 0. The lowest BCUT2D eigenvalue weighted by Gasteiger charge is -2.33. The lowest BCUT2D eigenvalue weighted by atomic mass is 10.1. The third kappa shape index (κ3) is 3.32. The number of ether oxygens (including phenoxy) is 1. The van der Waals surface area contributed by atoms with E-state index in [1.165, 1.54) is 0 Å². The second-order valence-electron chi connectivity index (χ2n) is 5.79. The highest BCUT2D eigenvalue weighted by atomic mass is 16.5. The molecule has 116 valence electrons. The molecule has 6 heteroatoms. The van der Waals surface area contributed by atoms with Gasteiger partial charge in [-0.25, -0.2) is 15.0 Å². The Hall–Kier alpha value is -2.24. The molecule has 2 aromatic heterocycles. The van der Waals surface area contributed by atoms with Crippen LogP contribution in [-0.4, -0.2) is 39.1 Å². The van der Waals surface area contributed by atoms with Crippen LogP contribution in [0.15, 0.2) is 18.6 Å². The lowest BCUT2D eigenvalue weighted by Crippen LogP contribution is -2.42. The zero-order chi connectivity index (χ0) is 15.5. The highest BCUT2D eigenvalue weighted by Gasteiger charge is 2.24. The Labute approximate surface area is 130 Å². The van der Waals surface area contributed by atoms with Crippen LogP contribution in [0.25, 0.3) is 0 Å². The van der Waals surface area contributed by atoms with Crippen molar-refractivity contribution < 1.29 is 4.74 Å². The van der Waals surface area contributed by atoms with Crippen LogP contribution >= 0.6 is 0 Å². The van der Waals surface area contributed by atoms with Crippen LogP contribution in [0, 0.1) is 20.8 Å². The van der Waals surface area contributed by atoms with E-state index in [0.29, 0.717) is 6.01 Å². The summed E-state index contributed by atoms with van der Waals surface area (Å²) in [6.07, 6.45) is 7.50. The third-order valence-corrected chi connectivity index (χ3v) is 3.76. The van der Waals surface area contributed by atoms with E-state index in [1.807, 2.05) is 20.8 Å². The summed E-state index contributed by atoms with van der Waals surface area (Å²) in [6, 6.07) is 0.449. The molecule has 0 bridgehead atoms. The summed E-state index contributed by atoms with van der Waals surface area (Å²) in [5, 5.41) is 0. The minimum absolute atomic E-state index is 0.0816. The highest BCUT2D eigenvalue weighted by molar-refractivity contribution is 5.43. The van der Waals surface area contributed by atoms with Crippen LogP contribution in [-0.2, 0) is 0 Å². The van der Waals surface area contributed by atoms with Gasteiger partial charge in [-0.2, -0.15) is 0 Å². The molecule has 0 N–H and O–H groups in total. The van der Waals surface area contributed by atoms with Crippen molar-refractivity contribution in [3.63, 3.8) is 0 Å². The Bertz CT molecular complexity index is 643. The fourth-order valence-corrected chi connectivity index (χ4v) is 2.64. The van der Waals surface area contributed by atoms with Gasteiger partial charge in [0.15, 0.2) is 0 Å². The zero-order valence-electron chi connectivity index (χ0n) is 13.3. The smallest absolute Gasteiger partial charge is 0.316 e. The van der Waals surface area contributed by atoms with E-state index in [4.69, 9.17) is 4.74 Å². The molecule has 0 aliphatic carbocycles. The standard InChI is InChI=1S/C16H21N5O/c1-11-7-18-16(19-8-11)22-14-5-4-6-21(10-14)15-13(3)17-9-12(2)20-15/h7-9,14H,4-6,10H2,1-3H3. The van der Waals surface area contributed by atoms with Gasteiger partial charge in [0.2, 0.25) is 0 Å². The molecule has 0 spiro atoms. The molecule has 2 aromatic rings. The number of nitrogens with zero attached hydrogens (tertiary/aromatic N) is 5. The predicted molar refractivity (Wildman–Crippen MR) is 84.1 cm³/mol. The Morgan fingerprint density at radius 3 is 2.64 bits per heavy atom. The minimum Gasteiger partial charge on any atom is -0.458 e. The second kappa shape index (κ2) is 6.25. The van der Waals surface area contributed by atoms with Gasteiger partial charge >= 0.3 is 6.01 Å². The van der Waals surface area contributed by atoms with Crippen molar-refractivity contribution >= 4 is 5.82 Å². The van der Waals surface area contributed by atoms with Crippen molar-refractivity contribution in [2.45, 2.75) is 39.7 Å². The Kier molecular flexibility index (Phi) is 4.18. The number of hydrogen-bond donors (Lipinski definition) is 0. The molecule has 1 aliphatic rings. The van der Waals surface area contributed by atoms with Crippen LogP contribution in [0.3, 0.4) is 0 Å². The van der Waals surface area contributed by atoms with Crippen LogP contribution in [0.1, 0.15) is 29.8 Å². The maximum Gasteiger partial charge on any atom is 0.316 e. The number of aryl methyl sites for hydroxylation is 3. The lowest BCUT2D eigenvalue weighted by molar-refractivity contribution is 0.164. The maximum atomic E-state index is 5.92. The Morgan fingerprint density at radius 2 is 1.86 bits per heavy atom. The maximum absolute atomic E-state index is 5.92. The van der Waals surface area contributed by atoms with Crippen molar-refractivity contribution in [2.75, 3.05) is 18.0 Å². The Balaban J connectivity index is 1.71. The van der Waals surface area contributed by atoms with Gasteiger partial charge in [-0.3, -0.25) is 4.98 Å². The number of hydrogen-bond acceptors (Lipinski definition) is 6. The minimum atomic E-state index is 0.0816. The quantitative estimate of drug-likeness (QED) is 0.866. The summed E-state index contributed by atoms with van der Waals surface area (Å²) in [7, 11) is 0. The van der Waals surface area contributed by atoms with E-state index in [0.717, 1.165) is 48.7 Å². The average molecular weight is 299 g/mol. The van der Waals surface area contributed by atoms with Crippen molar-refractivity contribution in [2.24, 2.45) is 0 Å². The van der Waals surface area contributed by atoms with Gasteiger partial charge in [0, 0.05) is 25.1 Å². The molecule has 0 saturated carbocycles. The largest absolute Gasteiger partial charge is 0.458 e. The van der Waals surface area contributed by atoms with Crippen molar-refractivity contribution in [1.29, 1.82) is 0 Å². The molecular formula is C16H21N5O. The van der Waals surface area contributed by atoms with Crippen LogP contribution in [0.5, 0.6) is 6.01 Å². The molecule has 1 atom stereocenters. The van der Waals surface area contributed by atoms with Crippen LogP contribution < -0.4 is 9.64 Å². The molecule has 1 fully saturated rings. The average Bonchev–Trinajstić information content (AvgIpc) is 2.52. The van der Waals surface area contributed by atoms with Gasteiger partial charge in [-0.15, -0.1) is 0 Å². The van der Waals surface area contributed by atoms with Gasteiger partial charge in [0.05, 0.1) is 17.9 Å². The molecular weight excluding hydrogens is 278 g/mol. The first-order valence-electron chi connectivity index (χ1n) is 7.62. The second-order valence-corrected chi connectivity index (χ2v) is 5.79. The van der Waals surface area contributed by atoms with Crippen molar-refractivity contribution in [3.05, 3.63) is 35.5 Å². The molecule has 3 heterocycles. The van der Waals surface area contributed by atoms with E-state index < -0.39 is 0 Å². The molecule has 3 rings (SSSR count). The normalized spacial score (nSPS) is 18.3. The van der Waals surface area contributed by atoms with E-state index in [1.54, 1.807) is 18.6 Å². The van der Waals surface area contributed by atoms with Crippen LogP contribution in [0.4, 0.5) is 5.82 Å². The highest BCUT2D eigenvalue weighted by Crippen LogP contribution is 2.22. The first-order chi connectivity index (χ1) is 10.6. The molecule has 6 nitrogen and oxygen atoms in total.